The van der Waals surface area contributed by atoms with Crippen molar-refractivity contribution in [2.24, 2.45) is 46.2 Å². The molecule has 4 aliphatic carbocycles. The van der Waals surface area contributed by atoms with E-state index in [-0.39, 0.29) is 0 Å². The largest absolute Gasteiger partial charge is 0.330 e. The Kier molecular flexibility index (Phi) is 9.80. The minimum absolute atomic E-state index is 0.634. The Bertz CT molecular complexity index is 611. The van der Waals surface area contributed by atoms with Crippen molar-refractivity contribution in [3.8, 4) is 0 Å². The van der Waals surface area contributed by atoms with Crippen LogP contribution >= 0.6 is 0 Å². The van der Waals surface area contributed by atoms with Crippen molar-refractivity contribution in [2.75, 3.05) is 39.3 Å². The summed E-state index contributed by atoms with van der Waals surface area (Å²) in [5.74, 6) is 5.04. The van der Waals surface area contributed by atoms with Gasteiger partial charge in [-0.1, -0.05) is 20.8 Å². The molecular formula is C30H58N4. The molecule has 0 aromatic carbocycles. The van der Waals surface area contributed by atoms with Crippen molar-refractivity contribution in [2.45, 2.75) is 110 Å². The summed E-state index contributed by atoms with van der Waals surface area (Å²) in [5, 5.41) is 11.1. The lowest BCUT2D eigenvalue weighted by molar-refractivity contribution is -0.113. The van der Waals surface area contributed by atoms with E-state index in [2.05, 4.69) is 36.7 Å². The summed E-state index contributed by atoms with van der Waals surface area (Å²) in [7, 11) is 0. The van der Waals surface area contributed by atoms with Gasteiger partial charge in [0.25, 0.3) is 0 Å². The van der Waals surface area contributed by atoms with E-state index >= 15 is 0 Å². The third kappa shape index (κ3) is 5.87. The standard InChI is InChI=1S/C30H58N4/c1-23-8-11-27-26-10-9-24-22-25(12-14-30(24,3)28(26)13-15-29(23,27)2)34-21-7-20-33-18-5-4-17-32-19-6-16-31/h23-28,32-34H,4-22,31H2,1-3H3/t23?,24-,25?,26?,27?,28?,29+,30-/m0/s1. The zero-order valence-corrected chi connectivity index (χ0v) is 23.0. The average molecular weight is 475 g/mol. The molecule has 0 bridgehead atoms. The van der Waals surface area contributed by atoms with Crippen LogP contribution < -0.4 is 21.7 Å². The zero-order chi connectivity index (χ0) is 24.0. The molecule has 198 valence electrons. The second kappa shape index (κ2) is 12.4. The molecule has 0 aromatic rings. The number of rotatable bonds is 13. The van der Waals surface area contributed by atoms with Crippen LogP contribution in [0.5, 0.6) is 0 Å². The highest BCUT2D eigenvalue weighted by Crippen LogP contribution is 2.67. The summed E-state index contributed by atoms with van der Waals surface area (Å²) in [6.45, 7) is 14.4. The Labute approximate surface area is 211 Å². The van der Waals surface area contributed by atoms with Gasteiger partial charge in [0, 0.05) is 6.04 Å². The molecule has 4 nitrogen and oxygen atoms in total. The molecular weight excluding hydrogens is 416 g/mol. The summed E-state index contributed by atoms with van der Waals surface area (Å²) in [6.07, 6.45) is 18.4. The Hall–Kier alpha value is -0.160. The number of fused-ring (bicyclic) bond motifs is 5. The van der Waals surface area contributed by atoms with Crippen LogP contribution in [0.15, 0.2) is 0 Å². The maximum absolute atomic E-state index is 5.52. The first-order valence-corrected chi connectivity index (χ1v) is 15.3. The van der Waals surface area contributed by atoms with E-state index < -0.39 is 0 Å². The molecule has 0 spiro atoms. The fourth-order valence-electron chi connectivity index (χ4n) is 9.20. The first-order chi connectivity index (χ1) is 16.5. The number of nitrogens with two attached hydrogens (primary N) is 1. The molecule has 5 N–H and O–H groups in total. The second-order valence-electron chi connectivity index (χ2n) is 13.3. The van der Waals surface area contributed by atoms with Gasteiger partial charge in [0.1, 0.15) is 0 Å². The van der Waals surface area contributed by atoms with Gasteiger partial charge in [-0.05, 0) is 163 Å². The van der Waals surface area contributed by atoms with Gasteiger partial charge < -0.3 is 21.7 Å². The summed E-state index contributed by atoms with van der Waals surface area (Å²) < 4.78 is 0. The second-order valence-corrected chi connectivity index (χ2v) is 13.3. The third-order valence-electron chi connectivity index (χ3n) is 11.6. The summed E-state index contributed by atoms with van der Waals surface area (Å²) >= 11 is 0. The molecule has 0 heterocycles. The first-order valence-electron chi connectivity index (χ1n) is 15.3. The fourth-order valence-corrected chi connectivity index (χ4v) is 9.20. The molecule has 34 heavy (non-hydrogen) atoms. The number of nitrogens with one attached hydrogen (secondary N) is 3. The van der Waals surface area contributed by atoms with Crippen molar-refractivity contribution in [1.29, 1.82) is 0 Å². The molecule has 0 aliphatic heterocycles. The van der Waals surface area contributed by atoms with Crippen molar-refractivity contribution in [1.82, 2.24) is 16.0 Å². The summed E-state index contributed by atoms with van der Waals surface area (Å²) in [6, 6.07) is 0.773. The van der Waals surface area contributed by atoms with Gasteiger partial charge in [0.2, 0.25) is 0 Å². The Morgan fingerprint density at radius 2 is 1.38 bits per heavy atom. The van der Waals surface area contributed by atoms with Gasteiger partial charge in [0.05, 0.1) is 0 Å². The van der Waals surface area contributed by atoms with Crippen LogP contribution in [0.3, 0.4) is 0 Å². The van der Waals surface area contributed by atoms with Crippen LogP contribution in [0.2, 0.25) is 0 Å². The SMILES string of the molecule is CC1CCC2C3CC[C@H]4CC(NCCCNCCCCNCCCN)CC[C@]4(C)C3CC[C@]12C. The lowest BCUT2D eigenvalue weighted by Crippen LogP contribution is -2.55. The highest BCUT2D eigenvalue weighted by Gasteiger charge is 2.59. The Balaban J connectivity index is 1.11. The van der Waals surface area contributed by atoms with Crippen molar-refractivity contribution in [3.63, 3.8) is 0 Å². The van der Waals surface area contributed by atoms with Crippen LogP contribution in [0.4, 0.5) is 0 Å². The molecule has 4 fully saturated rings. The van der Waals surface area contributed by atoms with Gasteiger partial charge in [0.15, 0.2) is 0 Å². The average Bonchev–Trinajstić information content (AvgIpc) is 3.14. The molecule has 4 aliphatic rings. The predicted molar refractivity (Wildman–Crippen MR) is 146 cm³/mol. The first kappa shape index (κ1) is 26.9. The molecule has 0 saturated heterocycles. The summed E-state index contributed by atoms with van der Waals surface area (Å²) in [5.41, 5.74) is 6.82. The molecule has 8 atom stereocenters. The lowest BCUT2D eigenvalue weighted by atomic mass is 9.44. The third-order valence-corrected chi connectivity index (χ3v) is 11.6. The van der Waals surface area contributed by atoms with E-state index in [0.717, 1.165) is 74.8 Å². The molecule has 5 unspecified atom stereocenters. The predicted octanol–water partition coefficient (Wildman–Crippen LogP) is 5.32. The molecule has 0 amide bonds. The zero-order valence-electron chi connectivity index (χ0n) is 23.0. The smallest absolute Gasteiger partial charge is 0.00701 e. The van der Waals surface area contributed by atoms with E-state index in [1.165, 1.54) is 83.6 Å². The summed E-state index contributed by atoms with van der Waals surface area (Å²) in [4.78, 5) is 0. The maximum Gasteiger partial charge on any atom is 0.00701 e. The number of hydrogen-bond donors (Lipinski definition) is 4. The van der Waals surface area contributed by atoms with Crippen LogP contribution in [-0.2, 0) is 0 Å². The van der Waals surface area contributed by atoms with E-state index in [1.807, 2.05) is 0 Å². The maximum atomic E-state index is 5.52. The van der Waals surface area contributed by atoms with E-state index in [0.29, 0.717) is 10.8 Å². The fraction of sp³-hybridized carbons (Fsp3) is 1.00. The topological polar surface area (TPSA) is 62.1 Å². The molecule has 4 rings (SSSR count). The van der Waals surface area contributed by atoms with Gasteiger partial charge in [-0.3, -0.25) is 0 Å². The van der Waals surface area contributed by atoms with Gasteiger partial charge in [-0.2, -0.15) is 0 Å². The van der Waals surface area contributed by atoms with E-state index in [4.69, 9.17) is 5.73 Å². The van der Waals surface area contributed by atoms with Crippen LogP contribution in [0, 0.1) is 40.4 Å². The number of unbranched alkanes of at least 4 members (excludes halogenated alkanes) is 1. The van der Waals surface area contributed by atoms with Crippen LogP contribution in [0.1, 0.15) is 104 Å². The highest BCUT2D eigenvalue weighted by atomic mass is 14.9. The molecule has 0 aromatic heterocycles. The Morgan fingerprint density at radius 3 is 2.15 bits per heavy atom. The highest BCUT2D eigenvalue weighted by molar-refractivity contribution is 5.09. The van der Waals surface area contributed by atoms with Gasteiger partial charge >= 0.3 is 0 Å². The van der Waals surface area contributed by atoms with Gasteiger partial charge in [-0.25, -0.2) is 0 Å². The van der Waals surface area contributed by atoms with Crippen molar-refractivity contribution >= 4 is 0 Å². The van der Waals surface area contributed by atoms with Crippen molar-refractivity contribution < 1.29 is 0 Å². The van der Waals surface area contributed by atoms with Crippen LogP contribution in [-0.4, -0.2) is 45.3 Å². The van der Waals surface area contributed by atoms with Gasteiger partial charge in [-0.15, -0.1) is 0 Å². The normalized spacial score (nSPS) is 41.6. The quantitative estimate of drug-likeness (QED) is 0.273. The minimum atomic E-state index is 0.634. The molecule has 0 radical (unpaired) electrons. The van der Waals surface area contributed by atoms with Crippen LogP contribution in [0.25, 0.3) is 0 Å². The Morgan fingerprint density at radius 1 is 0.706 bits per heavy atom. The lowest BCUT2D eigenvalue weighted by Gasteiger charge is -2.61. The molecule has 4 saturated carbocycles. The van der Waals surface area contributed by atoms with E-state index in [9.17, 15) is 0 Å². The minimum Gasteiger partial charge on any atom is -0.330 e. The van der Waals surface area contributed by atoms with E-state index in [1.54, 1.807) is 0 Å². The molecule has 4 heteroatoms. The monoisotopic (exact) mass is 474 g/mol. The number of hydrogen-bond acceptors (Lipinski definition) is 4. The van der Waals surface area contributed by atoms with Crippen molar-refractivity contribution in [3.05, 3.63) is 0 Å².